The second-order valence-corrected chi connectivity index (χ2v) is 2.81. The summed E-state index contributed by atoms with van der Waals surface area (Å²) in [6.07, 6.45) is 1.26. The third-order valence-electron chi connectivity index (χ3n) is 0.281. The fraction of sp³-hybridized carbons (Fsp3) is 1.00. The van der Waals surface area contributed by atoms with Crippen LogP contribution in [0.2, 0.25) is 0 Å². The van der Waals surface area contributed by atoms with Crippen LogP contribution >= 0.6 is 25.0 Å². The average molecular weight is 155 g/mol. The molecule has 0 aliphatic rings. The van der Waals surface area contributed by atoms with Crippen molar-refractivity contribution in [1.29, 1.82) is 0 Å². The molecular formula is C3H7BrS. The van der Waals surface area contributed by atoms with Crippen molar-refractivity contribution in [3.05, 3.63) is 0 Å². The zero-order valence-electron chi connectivity index (χ0n) is 3.20. The summed E-state index contributed by atoms with van der Waals surface area (Å²) in [4.78, 5) is 0. The first-order valence-electron chi connectivity index (χ1n) is 1.65. The molecule has 2 heteroatoms. The van der Waals surface area contributed by atoms with Crippen LogP contribution < -0.4 is 0 Å². The Bertz CT molecular complexity index is 14.4. The van der Waals surface area contributed by atoms with Gasteiger partial charge in [-0.1, -0.05) is 17.1 Å². The van der Waals surface area contributed by atoms with E-state index >= 15 is 0 Å². The van der Waals surface area contributed by atoms with Crippen LogP contribution in [-0.4, -0.2) is 5.75 Å². The molecule has 0 saturated carbocycles. The highest BCUT2D eigenvalue weighted by atomic mass is 79.9. The van der Waals surface area contributed by atoms with Crippen LogP contribution in [0, 0.1) is 0 Å². The fourth-order valence-electron chi connectivity index (χ4n) is 0.0772. The Morgan fingerprint density at radius 1 is 1.80 bits per heavy atom. The molecule has 0 heterocycles. The average Bonchev–Trinajstić information content (AvgIpc) is 1.41. The van der Waals surface area contributed by atoms with E-state index in [1.54, 1.807) is 10.2 Å². The van der Waals surface area contributed by atoms with Crippen molar-refractivity contribution in [1.82, 2.24) is 0 Å². The van der Waals surface area contributed by atoms with Gasteiger partial charge < -0.3 is 0 Å². The summed E-state index contributed by atoms with van der Waals surface area (Å²) >= 11 is 3.23. The van der Waals surface area contributed by atoms with Gasteiger partial charge in [-0.2, -0.15) is 0 Å². The molecule has 0 amide bonds. The molecule has 0 bridgehead atoms. The lowest BCUT2D eigenvalue weighted by molar-refractivity contribution is 1.11. The molecule has 0 spiro atoms. The molecule has 0 radical (unpaired) electrons. The van der Waals surface area contributed by atoms with E-state index in [2.05, 4.69) is 21.7 Å². The largest absolute Gasteiger partial charge is 0.0836 e. The maximum Gasteiger partial charge on any atom is 0.00399 e. The topological polar surface area (TPSA) is 0 Å². The third-order valence-corrected chi connectivity index (χ3v) is 1.82. The van der Waals surface area contributed by atoms with Crippen LogP contribution in [0.4, 0.5) is 0 Å². The Morgan fingerprint density at radius 3 is 2.40 bits per heavy atom. The molecule has 0 aliphatic carbocycles. The molecule has 0 nitrogen and oxygen atoms in total. The summed E-state index contributed by atoms with van der Waals surface area (Å²) in [6.45, 7) is 2.16. The van der Waals surface area contributed by atoms with Crippen molar-refractivity contribution < 1.29 is 0 Å². The molecule has 0 rings (SSSR count). The van der Waals surface area contributed by atoms with Crippen LogP contribution in [0.5, 0.6) is 0 Å². The fourth-order valence-corrected chi connectivity index (χ4v) is 1.20. The predicted molar refractivity (Wildman–Crippen MR) is 31.7 cm³/mol. The first kappa shape index (κ1) is 5.83. The molecule has 0 aromatic carbocycles. The minimum absolute atomic E-state index is 1.22. The van der Waals surface area contributed by atoms with E-state index in [0.29, 0.717) is 0 Å². The van der Waals surface area contributed by atoms with Gasteiger partial charge in [0.25, 0.3) is 0 Å². The molecule has 0 aliphatic heterocycles. The SMILES string of the molecule is CCCSBr. The minimum atomic E-state index is 1.22. The summed E-state index contributed by atoms with van der Waals surface area (Å²) in [5.41, 5.74) is 0. The Morgan fingerprint density at radius 2 is 2.40 bits per heavy atom. The van der Waals surface area contributed by atoms with Crippen LogP contribution in [-0.2, 0) is 0 Å². The van der Waals surface area contributed by atoms with Gasteiger partial charge in [0.15, 0.2) is 0 Å². The lowest BCUT2D eigenvalue weighted by Gasteiger charge is -1.77. The van der Waals surface area contributed by atoms with Gasteiger partial charge in [-0.15, -0.1) is 0 Å². The number of halogens is 1. The zero-order valence-corrected chi connectivity index (χ0v) is 5.60. The molecule has 32 valence electrons. The van der Waals surface area contributed by atoms with E-state index in [4.69, 9.17) is 0 Å². The molecule has 0 aromatic heterocycles. The van der Waals surface area contributed by atoms with Gasteiger partial charge in [0.2, 0.25) is 0 Å². The van der Waals surface area contributed by atoms with Crippen molar-refractivity contribution in [3.63, 3.8) is 0 Å². The van der Waals surface area contributed by atoms with Gasteiger partial charge in [-0.05, 0) is 21.2 Å². The highest BCUT2D eigenvalue weighted by molar-refractivity contribution is 9.50. The molecular weight excluding hydrogens is 148 g/mol. The molecule has 0 aromatic rings. The van der Waals surface area contributed by atoms with Gasteiger partial charge in [0.05, 0.1) is 0 Å². The van der Waals surface area contributed by atoms with E-state index in [0.717, 1.165) is 0 Å². The second kappa shape index (κ2) is 4.83. The Kier molecular flexibility index (Phi) is 5.63. The lowest BCUT2D eigenvalue weighted by Crippen LogP contribution is -1.60. The number of rotatable bonds is 2. The Labute approximate surface area is 44.5 Å². The lowest BCUT2D eigenvalue weighted by atomic mass is 10.6. The monoisotopic (exact) mass is 154 g/mol. The molecule has 5 heavy (non-hydrogen) atoms. The number of hydrogen-bond donors (Lipinski definition) is 0. The first-order chi connectivity index (χ1) is 2.41. The maximum absolute atomic E-state index is 3.23. The van der Waals surface area contributed by atoms with Crippen molar-refractivity contribution in [2.45, 2.75) is 13.3 Å². The normalized spacial score (nSPS) is 8.40. The van der Waals surface area contributed by atoms with Crippen LogP contribution in [0.1, 0.15) is 13.3 Å². The number of hydrogen-bond acceptors (Lipinski definition) is 1. The van der Waals surface area contributed by atoms with Crippen LogP contribution in [0.25, 0.3) is 0 Å². The van der Waals surface area contributed by atoms with Crippen molar-refractivity contribution in [2.75, 3.05) is 5.75 Å². The standard InChI is InChI=1S/C3H7BrS/c1-2-3-5-4/h2-3H2,1H3. The van der Waals surface area contributed by atoms with E-state index in [9.17, 15) is 0 Å². The van der Waals surface area contributed by atoms with Gasteiger partial charge in [-0.3, -0.25) is 0 Å². The van der Waals surface area contributed by atoms with E-state index in [1.807, 2.05) is 0 Å². The summed E-state index contributed by atoms with van der Waals surface area (Å²) in [6, 6.07) is 0. The summed E-state index contributed by atoms with van der Waals surface area (Å²) in [5.74, 6) is 1.22. The van der Waals surface area contributed by atoms with Crippen molar-refractivity contribution >= 4 is 25.0 Å². The summed E-state index contributed by atoms with van der Waals surface area (Å²) < 4.78 is 0. The smallest absolute Gasteiger partial charge is 0.00399 e. The van der Waals surface area contributed by atoms with E-state index in [-0.39, 0.29) is 0 Å². The second-order valence-electron chi connectivity index (χ2n) is 0.813. The third kappa shape index (κ3) is 4.83. The maximum atomic E-state index is 3.23. The highest BCUT2D eigenvalue weighted by Gasteiger charge is 1.70. The highest BCUT2D eigenvalue weighted by Crippen LogP contribution is 2.09. The van der Waals surface area contributed by atoms with Crippen LogP contribution in [0.3, 0.4) is 0 Å². The zero-order chi connectivity index (χ0) is 4.12. The van der Waals surface area contributed by atoms with Gasteiger partial charge in [0.1, 0.15) is 0 Å². The summed E-state index contributed by atoms with van der Waals surface area (Å²) in [5, 5.41) is 0. The molecule has 0 fully saturated rings. The Hall–Kier alpha value is 0.830. The van der Waals surface area contributed by atoms with Gasteiger partial charge in [-0.25, -0.2) is 0 Å². The van der Waals surface area contributed by atoms with Crippen molar-refractivity contribution in [2.24, 2.45) is 0 Å². The van der Waals surface area contributed by atoms with Crippen LogP contribution in [0.15, 0.2) is 0 Å². The van der Waals surface area contributed by atoms with Gasteiger partial charge >= 0.3 is 0 Å². The molecule has 0 atom stereocenters. The first-order valence-corrected chi connectivity index (χ1v) is 4.48. The minimum Gasteiger partial charge on any atom is -0.0836 e. The van der Waals surface area contributed by atoms with Gasteiger partial charge in [0, 0.05) is 5.75 Å². The Balaban J connectivity index is 2.19. The molecule has 0 saturated heterocycles. The quantitative estimate of drug-likeness (QED) is 0.590. The molecule has 0 N–H and O–H groups in total. The molecule has 0 unspecified atom stereocenters. The summed E-state index contributed by atoms with van der Waals surface area (Å²) in [7, 11) is 1.71. The predicted octanol–water partition coefficient (Wildman–Crippen LogP) is 2.44. The van der Waals surface area contributed by atoms with E-state index in [1.165, 1.54) is 12.2 Å². The van der Waals surface area contributed by atoms with Crippen molar-refractivity contribution in [3.8, 4) is 0 Å². The van der Waals surface area contributed by atoms with E-state index < -0.39 is 0 Å².